The lowest BCUT2D eigenvalue weighted by Crippen LogP contribution is -2.30. The molecule has 1 aromatic heterocycles. The van der Waals surface area contributed by atoms with Crippen LogP contribution in [0.5, 0.6) is 0 Å². The first-order valence-corrected chi connectivity index (χ1v) is 6.22. The molecule has 0 aliphatic carbocycles. The Morgan fingerprint density at radius 3 is 3.14 bits per heavy atom. The lowest BCUT2D eigenvalue weighted by atomic mass is 10.1. The van der Waals surface area contributed by atoms with Crippen molar-refractivity contribution < 1.29 is 4.52 Å². The van der Waals surface area contributed by atoms with E-state index >= 15 is 0 Å². The van der Waals surface area contributed by atoms with Gasteiger partial charge in [-0.05, 0) is 13.0 Å². The quantitative estimate of drug-likeness (QED) is 0.780. The molecular formula is C10H15BrN2O. The van der Waals surface area contributed by atoms with Crippen molar-refractivity contribution in [3.05, 3.63) is 17.0 Å². The molecule has 0 unspecified atom stereocenters. The zero-order chi connectivity index (χ0) is 9.97. The highest BCUT2D eigenvalue weighted by Crippen LogP contribution is 2.23. The van der Waals surface area contributed by atoms with Crippen LogP contribution < -0.4 is 0 Å². The minimum atomic E-state index is 0.797. The van der Waals surface area contributed by atoms with Gasteiger partial charge in [-0.2, -0.15) is 0 Å². The summed E-state index contributed by atoms with van der Waals surface area (Å²) >= 11 is 3.43. The molecule has 0 saturated carbocycles. The van der Waals surface area contributed by atoms with Gasteiger partial charge in [-0.3, -0.25) is 4.90 Å². The van der Waals surface area contributed by atoms with E-state index in [1.165, 1.54) is 18.5 Å². The zero-order valence-corrected chi connectivity index (χ0v) is 10.0. The molecule has 3 nitrogen and oxygen atoms in total. The van der Waals surface area contributed by atoms with Crippen LogP contribution in [-0.4, -0.2) is 23.1 Å². The number of nitrogens with zero attached hydrogens (tertiary/aromatic N) is 2. The molecule has 0 atom stereocenters. The van der Waals surface area contributed by atoms with E-state index in [1.807, 2.05) is 0 Å². The van der Waals surface area contributed by atoms with Crippen LogP contribution in [0.4, 0.5) is 0 Å². The summed E-state index contributed by atoms with van der Waals surface area (Å²) in [4.78, 5) is 2.46. The van der Waals surface area contributed by atoms with E-state index in [0.29, 0.717) is 0 Å². The molecule has 1 aliphatic heterocycles. The SMILES string of the molecule is CCCN1CCc2onc(CBr)c2C1. The third-order valence-electron chi connectivity index (χ3n) is 2.65. The Morgan fingerprint density at radius 2 is 2.43 bits per heavy atom. The summed E-state index contributed by atoms with van der Waals surface area (Å²) in [6, 6.07) is 0. The predicted octanol–water partition coefficient (Wildman–Crippen LogP) is 2.34. The van der Waals surface area contributed by atoms with Gasteiger partial charge < -0.3 is 4.52 Å². The average Bonchev–Trinajstić information content (AvgIpc) is 2.60. The van der Waals surface area contributed by atoms with Crippen molar-refractivity contribution in [1.29, 1.82) is 0 Å². The van der Waals surface area contributed by atoms with E-state index < -0.39 is 0 Å². The van der Waals surface area contributed by atoms with Crippen molar-refractivity contribution in [3.63, 3.8) is 0 Å². The lowest BCUT2D eigenvalue weighted by molar-refractivity contribution is 0.237. The average molecular weight is 259 g/mol. The second-order valence-corrected chi connectivity index (χ2v) is 4.25. The van der Waals surface area contributed by atoms with Gasteiger partial charge in [0, 0.05) is 30.4 Å². The molecule has 0 spiro atoms. The maximum Gasteiger partial charge on any atom is 0.142 e. The molecule has 1 aromatic rings. The van der Waals surface area contributed by atoms with Crippen LogP contribution in [-0.2, 0) is 18.3 Å². The molecule has 0 amide bonds. The maximum atomic E-state index is 5.30. The first-order valence-electron chi connectivity index (χ1n) is 5.09. The zero-order valence-electron chi connectivity index (χ0n) is 8.42. The van der Waals surface area contributed by atoms with Crippen LogP contribution >= 0.6 is 15.9 Å². The standard InChI is InChI=1S/C10H15BrN2O/c1-2-4-13-5-3-10-8(7-13)9(6-11)12-14-10/h2-7H2,1H3. The second kappa shape index (κ2) is 4.45. The Hall–Kier alpha value is -0.350. The van der Waals surface area contributed by atoms with Gasteiger partial charge >= 0.3 is 0 Å². The molecule has 1 aliphatic rings. The first-order chi connectivity index (χ1) is 6.85. The van der Waals surface area contributed by atoms with Gasteiger partial charge in [0.1, 0.15) is 5.76 Å². The molecule has 0 saturated heterocycles. The lowest BCUT2D eigenvalue weighted by Gasteiger charge is -2.25. The van der Waals surface area contributed by atoms with Gasteiger partial charge in [-0.1, -0.05) is 28.0 Å². The van der Waals surface area contributed by atoms with E-state index in [4.69, 9.17) is 4.52 Å². The van der Waals surface area contributed by atoms with Crippen LogP contribution in [0.1, 0.15) is 30.4 Å². The second-order valence-electron chi connectivity index (χ2n) is 3.69. The summed E-state index contributed by atoms with van der Waals surface area (Å²) in [5.41, 5.74) is 2.38. The number of aromatic nitrogens is 1. The number of rotatable bonds is 3. The Labute approximate surface area is 92.6 Å². The minimum absolute atomic E-state index is 0.797. The molecule has 0 bridgehead atoms. The van der Waals surface area contributed by atoms with Gasteiger partial charge in [0.25, 0.3) is 0 Å². The molecule has 0 radical (unpaired) electrons. The number of fused-ring (bicyclic) bond motifs is 1. The van der Waals surface area contributed by atoms with Crippen molar-refractivity contribution in [2.75, 3.05) is 13.1 Å². The molecule has 0 aromatic carbocycles. The van der Waals surface area contributed by atoms with Crippen molar-refractivity contribution in [2.45, 2.75) is 31.6 Å². The smallest absolute Gasteiger partial charge is 0.142 e. The van der Waals surface area contributed by atoms with Crippen LogP contribution in [0.2, 0.25) is 0 Å². The molecule has 2 heterocycles. The number of halogens is 1. The molecule has 0 N–H and O–H groups in total. The summed E-state index contributed by atoms with van der Waals surface area (Å²) < 4.78 is 5.30. The molecule has 0 fully saturated rings. The third-order valence-corrected chi connectivity index (χ3v) is 3.19. The summed E-state index contributed by atoms with van der Waals surface area (Å²) in [5.74, 6) is 1.09. The normalized spacial score (nSPS) is 17.0. The maximum absolute atomic E-state index is 5.30. The molecule has 2 rings (SSSR count). The fraction of sp³-hybridized carbons (Fsp3) is 0.700. The van der Waals surface area contributed by atoms with Crippen LogP contribution in [0.3, 0.4) is 0 Å². The van der Waals surface area contributed by atoms with Gasteiger partial charge in [-0.25, -0.2) is 0 Å². The van der Waals surface area contributed by atoms with E-state index in [9.17, 15) is 0 Å². The fourth-order valence-electron chi connectivity index (χ4n) is 1.93. The number of hydrogen-bond acceptors (Lipinski definition) is 3. The number of hydrogen-bond donors (Lipinski definition) is 0. The topological polar surface area (TPSA) is 29.3 Å². The Morgan fingerprint density at radius 1 is 1.57 bits per heavy atom. The largest absolute Gasteiger partial charge is 0.361 e. The first kappa shape index (κ1) is 10.2. The van der Waals surface area contributed by atoms with Crippen molar-refractivity contribution in [3.8, 4) is 0 Å². The van der Waals surface area contributed by atoms with E-state index in [0.717, 1.165) is 36.3 Å². The van der Waals surface area contributed by atoms with Gasteiger partial charge in [0.15, 0.2) is 0 Å². The Kier molecular flexibility index (Phi) is 3.23. The van der Waals surface area contributed by atoms with E-state index in [-0.39, 0.29) is 0 Å². The molecule has 78 valence electrons. The third kappa shape index (κ3) is 1.86. The van der Waals surface area contributed by atoms with Gasteiger partial charge in [0.05, 0.1) is 5.69 Å². The highest BCUT2D eigenvalue weighted by molar-refractivity contribution is 9.08. The molecule has 14 heavy (non-hydrogen) atoms. The Balaban J connectivity index is 2.14. The van der Waals surface area contributed by atoms with Crippen molar-refractivity contribution in [1.82, 2.24) is 10.1 Å². The summed E-state index contributed by atoms with van der Waals surface area (Å²) in [6.45, 7) is 5.51. The Bertz CT molecular complexity index is 298. The summed E-state index contributed by atoms with van der Waals surface area (Å²) in [6.07, 6.45) is 2.22. The van der Waals surface area contributed by atoms with Gasteiger partial charge in [0.2, 0.25) is 0 Å². The van der Waals surface area contributed by atoms with Crippen LogP contribution in [0.25, 0.3) is 0 Å². The summed E-state index contributed by atoms with van der Waals surface area (Å²) in [7, 11) is 0. The van der Waals surface area contributed by atoms with Crippen LogP contribution in [0.15, 0.2) is 4.52 Å². The number of alkyl halides is 1. The fourth-order valence-corrected chi connectivity index (χ4v) is 2.37. The highest BCUT2D eigenvalue weighted by Gasteiger charge is 2.22. The van der Waals surface area contributed by atoms with Crippen molar-refractivity contribution >= 4 is 15.9 Å². The predicted molar refractivity (Wildman–Crippen MR) is 58.4 cm³/mol. The molecular weight excluding hydrogens is 244 g/mol. The van der Waals surface area contributed by atoms with Gasteiger partial charge in [-0.15, -0.1) is 0 Å². The monoisotopic (exact) mass is 258 g/mol. The van der Waals surface area contributed by atoms with Crippen molar-refractivity contribution in [2.24, 2.45) is 0 Å². The summed E-state index contributed by atoms with van der Waals surface area (Å²) in [5, 5.41) is 4.86. The van der Waals surface area contributed by atoms with E-state index in [2.05, 4.69) is 32.9 Å². The highest BCUT2D eigenvalue weighted by atomic mass is 79.9. The molecule has 4 heteroatoms. The van der Waals surface area contributed by atoms with E-state index in [1.54, 1.807) is 0 Å². The van der Waals surface area contributed by atoms with Crippen LogP contribution in [0, 0.1) is 0 Å². The minimum Gasteiger partial charge on any atom is -0.361 e.